The SMILES string of the molecule is C#C/C(C)=C\COCC=C1CCCCC1. The maximum absolute atomic E-state index is 5.46. The minimum atomic E-state index is 0.625. The summed E-state index contributed by atoms with van der Waals surface area (Å²) in [6.07, 6.45) is 16.0. The zero-order valence-corrected chi connectivity index (χ0v) is 9.59. The van der Waals surface area contributed by atoms with Gasteiger partial charge in [-0.05, 0) is 44.3 Å². The Hall–Kier alpha value is -1.00. The first-order valence-corrected chi connectivity index (χ1v) is 5.72. The van der Waals surface area contributed by atoms with Gasteiger partial charge in [0.2, 0.25) is 0 Å². The molecule has 15 heavy (non-hydrogen) atoms. The average molecular weight is 204 g/mol. The molecule has 0 atom stereocenters. The molecule has 1 heteroatoms. The van der Waals surface area contributed by atoms with E-state index in [2.05, 4.69) is 12.0 Å². The smallest absolute Gasteiger partial charge is 0.0663 e. The lowest BCUT2D eigenvalue weighted by Crippen LogP contribution is -1.97. The van der Waals surface area contributed by atoms with Crippen molar-refractivity contribution in [2.24, 2.45) is 0 Å². The van der Waals surface area contributed by atoms with Gasteiger partial charge in [-0.1, -0.05) is 24.0 Å². The van der Waals surface area contributed by atoms with Crippen LogP contribution in [-0.2, 0) is 4.74 Å². The van der Waals surface area contributed by atoms with Gasteiger partial charge in [-0.25, -0.2) is 0 Å². The van der Waals surface area contributed by atoms with E-state index < -0.39 is 0 Å². The maximum atomic E-state index is 5.46. The Labute approximate surface area is 93.2 Å². The van der Waals surface area contributed by atoms with Gasteiger partial charge in [-0.15, -0.1) is 6.42 Å². The lowest BCUT2D eigenvalue weighted by Gasteiger charge is -2.13. The highest BCUT2D eigenvalue weighted by molar-refractivity contribution is 5.22. The lowest BCUT2D eigenvalue weighted by molar-refractivity contribution is 0.192. The fraction of sp³-hybridized carbons (Fsp3) is 0.571. The first-order chi connectivity index (χ1) is 7.33. The molecule has 0 spiro atoms. The Morgan fingerprint density at radius 2 is 2.07 bits per heavy atom. The zero-order chi connectivity index (χ0) is 10.9. The lowest BCUT2D eigenvalue weighted by atomic mass is 9.95. The van der Waals surface area contributed by atoms with Crippen LogP contribution in [0.4, 0.5) is 0 Å². The average Bonchev–Trinajstić information content (AvgIpc) is 2.29. The molecule has 0 unspecified atom stereocenters. The second-order valence-corrected chi connectivity index (χ2v) is 3.99. The van der Waals surface area contributed by atoms with Gasteiger partial charge >= 0.3 is 0 Å². The topological polar surface area (TPSA) is 9.23 Å². The Morgan fingerprint density at radius 3 is 2.73 bits per heavy atom. The second kappa shape index (κ2) is 7.31. The van der Waals surface area contributed by atoms with Crippen LogP contribution in [0.25, 0.3) is 0 Å². The summed E-state index contributed by atoms with van der Waals surface area (Å²) in [7, 11) is 0. The monoisotopic (exact) mass is 204 g/mol. The van der Waals surface area contributed by atoms with Crippen molar-refractivity contribution in [3.05, 3.63) is 23.3 Å². The number of terminal acetylenes is 1. The first-order valence-electron chi connectivity index (χ1n) is 5.72. The van der Waals surface area contributed by atoms with Crippen molar-refractivity contribution in [3.63, 3.8) is 0 Å². The Kier molecular flexibility index (Phi) is 5.88. The summed E-state index contributed by atoms with van der Waals surface area (Å²) in [4.78, 5) is 0. The number of hydrogen-bond acceptors (Lipinski definition) is 1. The van der Waals surface area contributed by atoms with Crippen LogP contribution >= 0.6 is 0 Å². The van der Waals surface area contributed by atoms with Gasteiger partial charge in [-0.3, -0.25) is 0 Å². The number of ether oxygens (including phenoxy) is 1. The molecule has 0 radical (unpaired) electrons. The summed E-state index contributed by atoms with van der Waals surface area (Å²) in [5.74, 6) is 2.57. The van der Waals surface area contributed by atoms with E-state index in [1.54, 1.807) is 5.57 Å². The van der Waals surface area contributed by atoms with Gasteiger partial charge in [0.25, 0.3) is 0 Å². The van der Waals surface area contributed by atoms with E-state index in [1.807, 2.05) is 13.0 Å². The van der Waals surface area contributed by atoms with Crippen LogP contribution < -0.4 is 0 Å². The number of rotatable bonds is 4. The molecule has 1 aliphatic carbocycles. The van der Waals surface area contributed by atoms with E-state index in [9.17, 15) is 0 Å². The number of allylic oxidation sites excluding steroid dienone is 2. The van der Waals surface area contributed by atoms with Gasteiger partial charge in [0.1, 0.15) is 0 Å². The Balaban J connectivity index is 2.13. The van der Waals surface area contributed by atoms with Crippen molar-refractivity contribution in [3.8, 4) is 12.3 Å². The fourth-order valence-corrected chi connectivity index (χ4v) is 1.70. The van der Waals surface area contributed by atoms with Gasteiger partial charge in [-0.2, -0.15) is 0 Å². The molecule has 0 aromatic carbocycles. The third-order valence-corrected chi connectivity index (χ3v) is 2.72. The summed E-state index contributed by atoms with van der Waals surface area (Å²) in [6.45, 7) is 3.27. The van der Waals surface area contributed by atoms with Gasteiger partial charge in [0.05, 0.1) is 13.2 Å². The predicted octanol–water partition coefficient (Wildman–Crippen LogP) is 3.47. The molecule has 0 aliphatic heterocycles. The highest BCUT2D eigenvalue weighted by atomic mass is 16.5. The van der Waals surface area contributed by atoms with E-state index in [0.29, 0.717) is 6.61 Å². The summed E-state index contributed by atoms with van der Waals surface area (Å²) in [5.41, 5.74) is 2.51. The van der Waals surface area contributed by atoms with Gasteiger partial charge < -0.3 is 4.74 Å². The normalized spacial score (nSPS) is 17.3. The fourth-order valence-electron chi connectivity index (χ4n) is 1.70. The van der Waals surface area contributed by atoms with Crippen LogP contribution in [0.15, 0.2) is 23.3 Å². The first kappa shape index (κ1) is 12.1. The van der Waals surface area contributed by atoms with Crippen LogP contribution in [0.2, 0.25) is 0 Å². The van der Waals surface area contributed by atoms with Crippen LogP contribution in [0.5, 0.6) is 0 Å². The van der Waals surface area contributed by atoms with Crippen molar-refractivity contribution in [2.75, 3.05) is 13.2 Å². The molecule has 0 heterocycles. The molecule has 0 aromatic rings. The minimum Gasteiger partial charge on any atom is -0.373 e. The molecule has 1 fully saturated rings. The standard InChI is InChI=1S/C14H20O/c1-3-13(2)9-11-15-12-10-14-7-5-4-6-8-14/h1,9-10H,4-8,11-12H2,2H3/b13-9-. The molecular formula is C14H20O. The summed E-state index contributed by atoms with van der Waals surface area (Å²) < 4.78 is 5.46. The summed E-state index contributed by atoms with van der Waals surface area (Å²) in [5, 5.41) is 0. The predicted molar refractivity (Wildman–Crippen MR) is 64.6 cm³/mol. The van der Waals surface area contributed by atoms with E-state index >= 15 is 0 Å². The van der Waals surface area contributed by atoms with Crippen LogP contribution in [0.3, 0.4) is 0 Å². The molecule has 0 saturated heterocycles. The molecule has 0 N–H and O–H groups in total. The third kappa shape index (κ3) is 5.44. The molecule has 1 aliphatic rings. The maximum Gasteiger partial charge on any atom is 0.0663 e. The van der Waals surface area contributed by atoms with E-state index in [-0.39, 0.29) is 0 Å². The third-order valence-electron chi connectivity index (χ3n) is 2.72. The van der Waals surface area contributed by atoms with Gasteiger partial charge in [0.15, 0.2) is 0 Å². The second-order valence-electron chi connectivity index (χ2n) is 3.99. The van der Waals surface area contributed by atoms with Crippen molar-refractivity contribution in [1.82, 2.24) is 0 Å². The molecule has 1 saturated carbocycles. The quantitative estimate of drug-likeness (QED) is 0.387. The molecule has 0 bridgehead atoms. The van der Waals surface area contributed by atoms with Gasteiger partial charge in [0, 0.05) is 0 Å². The molecule has 0 amide bonds. The van der Waals surface area contributed by atoms with Crippen molar-refractivity contribution in [1.29, 1.82) is 0 Å². The van der Waals surface area contributed by atoms with E-state index in [1.165, 1.54) is 32.1 Å². The molecule has 0 aromatic heterocycles. The summed E-state index contributed by atoms with van der Waals surface area (Å²) in [6, 6.07) is 0. The zero-order valence-electron chi connectivity index (χ0n) is 9.59. The Morgan fingerprint density at radius 1 is 1.33 bits per heavy atom. The highest BCUT2D eigenvalue weighted by Crippen LogP contribution is 2.22. The van der Waals surface area contributed by atoms with Crippen molar-refractivity contribution in [2.45, 2.75) is 39.0 Å². The Bertz CT molecular complexity index is 270. The molecule has 1 nitrogen and oxygen atoms in total. The molecular weight excluding hydrogens is 184 g/mol. The van der Waals surface area contributed by atoms with E-state index in [4.69, 9.17) is 11.2 Å². The van der Waals surface area contributed by atoms with Crippen molar-refractivity contribution >= 4 is 0 Å². The number of hydrogen-bond donors (Lipinski definition) is 0. The summed E-state index contributed by atoms with van der Waals surface area (Å²) >= 11 is 0. The van der Waals surface area contributed by atoms with E-state index in [0.717, 1.165) is 12.2 Å². The van der Waals surface area contributed by atoms with Crippen LogP contribution in [0, 0.1) is 12.3 Å². The minimum absolute atomic E-state index is 0.625. The van der Waals surface area contributed by atoms with Crippen molar-refractivity contribution < 1.29 is 4.74 Å². The van der Waals surface area contributed by atoms with Crippen LogP contribution in [0.1, 0.15) is 39.0 Å². The highest BCUT2D eigenvalue weighted by Gasteiger charge is 2.03. The largest absolute Gasteiger partial charge is 0.373 e. The molecule has 82 valence electrons. The van der Waals surface area contributed by atoms with Crippen LogP contribution in [-0.4, -0.2) is 13.2 Å². The molecule has 1 rings (SSSR count).